The van der Waals surface area contributed by atoms with E-state index in [2.05, 4.69) is 20.3 Å². The quantitative estimate of drug-likeness (QED) is 0.324. The lowest BCUT2D eigenvalue weighted by Gasteiger charge is -2.20. The summed E-state index contributed by atoms with van der Waals surface area (Å²) in [5.41, 5.74) is 1.97. The van der Waals surface area contributed by atoms with E-state index in [9.17, 15) is 17.6 Å². The second kappa shape index (κ2) is 12.7. The van der Waals surface area contributed by atoms with Gasteiger partial charge in [-0.25, -0.2) is 17.2 Å². The molecule has 0 aromatic heterocycles. The van der Waals surface area contributed by atoms with Gasteiger partial charge >= 0.3 is 0 Å². The normalized spacial score (nSPS) is 13.6. The summed E-state index contributed by atoms with van der Waals surface area (Å²) >= 11 is 0. The van der Waals surface area contributed by atoms with Gasteiger partial charge < -0.3 is 5.32 Å². The third-order valence-corrected chi connectivity index (χ3v) is 7.24. The molecule has 2 aromatic rings. The standard InChI is InChI=1S/C25H34F2N4O3S/c1-6-13-35(33,34)31-22-12-11-21(26)25(24(22)27)29-15-23(30-28-5)18-9-10-20(17(7-2)14-18)19(8-3)16(4)32/h9-12,14,19,23,29,31H,6-8,13,15H2,1-5H3. The highest BCUT2D eigenvalue weighted by molar-refractivity contribution is 7.92. The van der Waals surface area contributed by atoms with Crippen molar-refractivity contribution in [2.24, 2.45) is 10.2 Å². The molecule has 2 unspecified atom stereocenters. The summed E-state index contributed by atoms with van der Waals surface area (Å²) in [7, 11) is -2.24. The molecule has 0 saturated carbocycles. The fourth-order valence-electron chi connectivity index (χ4n) is 4.05. The van der Waals surface area contributed by atoms with E-state index in [0.717, 1.165) is 28.8 Å². The van der Waals surface area contributed by atoms with Crippen molar-refractivity contribution < 1.29 is 22.0 Å². The van der Waals surface area contributed by atoms with Crippen molar-refractivity contribution in [1.29, 1.82) is 0 Å². The number of aryl methyl sites for hydroxylation is 1. The molecule has 0 bridgehead atoms. The van der Waals surface area contributed by atoms with Crippen LogP contribution in [-0.2, 0) is 21.2 Å². The number of rotatable bonds is 13. The lowest BCUT2D eigenvalue weighted by atomic mass is 9.86. The molecule has 0 aliphatic rings. The highest BCUT2D eigenvalue weighted by atomic mass is 32.2. The van der Waals surface area contributed by atoms with Gasteiger partial charge in [-0.15, -0.1) is 0 Å². The van der Waals surface area contributed by atoms with Crippen LogP contribution < -0.4 is 10.0 Å². The lowest BCUT2D eigenvalue weighted by molar-refractivity contribution is -0.118. The van der Waals surface area contributed by atoms with Crippen LogP contribution in [0.25, 0.3) is 0 Å². The molecular formula is C25H34F2N4O3S. The number of nitrogens with zero attached hydrogens (tertiary/aromatic N) is 2. The molecule has 0 spiro atoms. The Hall–Kier alpha value is -2.88. The number of halogens is 2. The Balaban J connectivity index is 2.35. The molecular weight excluding hydrogens is 474 g/mol. The predicted molar refractivity (Wildman–Crippen MR) is 136 cm³/mol. The van der Waals surface area contributed by atoms with Crippen LogP contribution in [-0.4, -0.2) is 33.5 Å². The van der Waals surface area contributed by atoms with E-state index in [-0.39, 0.29) is 29.7 Å². The molecule has 0 aliphatic heterocycles. The van der Waals surface area contributed by atoms with Gasteiger partial charge in [0.1, 0.15) is 23.3 Å². The van der Waals surface area contributed by atoms with Crippen molar-refractivity contribution in [2.45, 2.75) is 58.9 Å². The first kappa shape index (κ1) is 28.4. The summed E-state index contributed by atoms with van der Waals surface area (Å²) in [5, 5.41) is 10.8. The van der Waals surface area contributed by atoms with Crippen LogP contribution in [0, 0.1) is 11.6 Å². The predicted octanol–water partition coefficient (Wildman–Crippen LogP) is 6.00. The zero-order valence-electron chi connectivity index (χ0n) is 20.9. The zero-order valence-corrected chi connectivity index (χ0v) is 21.7. The van der Waals surface area contributed by atoms with Gasteiger partial charge in [-0.1, -0.05) is 39.0 Å². The van der Waals surface area contributed by atoms with Crippen molar-refractivity contribution in [3.05, 3.63) is 58.7 Å². The van der Waals surface area contributed by atoms with Gasteiger partial charge in [0, 0.05) is 19.5 Å². The van der Waals surface area contributed by atoms with Gasteiger partial charge in [0.15, 0.2) is 5.82 Å². The van der Waals surface area contributed by atoms with Crippen LogP contribution in [0.15, 0.2) is 40.6 Å². The molecule has 2 rings (SSSR count). The number of carbonyl (C=O) groups is 1. The van der Waals surface area contributed by atoms with E-state index in [1.165, 1.54) is 7.05 Å². The van der Waals surface area contributed by atoms with E-state index in [0.29, 0.717) is 19.3 Å². The van der Waals surface area contributed by atoms with Gasteiger partial charge in [-0.05, 0) is 55.0 Å². The van der Waals surface area contributed by atoms with Gasteiger partial charge in [-0.3, -0.25) is 9.52 Å². The molecule has 0 radical (unpaired) electrons. The van der Waals surface area contributed by atoms with Gasteiger partial charge in [0.05, 0.1) is 11.4 Å². The number of carbonyl (C=O) groups excluding carboxylic acids is 1. The highest BCUT2D eigenvalue weighted by Gasteiger charge is 2.22. The molecule has 2 aromatic carbocycles. The smallest absolute Gasteiger partial charge is 0.232 e. The zero-order chi connectivity index (χ0) is 26.2. The first-order valence-electron chi connectivity index (χ1n) is 11.7. The Morgan fingerprint density at radius 2 is 1.83 bits per heavy atom. The third kappa shape index (κ3) is 7.30. The Bertz CT molecular complexity index is 1170. The minimum absolute atomic E-state index is 0.0166. The van der Waals surface area contributed by atoms with Crippen LogP contribution in [0.5, 0.6) is 0 Å². The molecule has 2 N–H and O–H groups in total. The monoisotopic (exact) mass is 508 g/mol. The van der Waals surface area contributed by atoms with Crippen LogP contribution >= 0.6 is 0 Å². The number of ketones is 1. The summed E-state index contributed by atoms with van der Waals surface area (Å²) in [6.45, 7) is 7.26. The molecule has 35 heavy (non-hydrogen) atoms. The van der Waals surface area contributed by atoms with E-state index >= 15 is 4.39 Å². The van der Waals surface area contributed by atoms with Crippen LogP contribution in [0.4, 0.5) is 20.2 Å². The molecule has 0 saturated heterocycles. The largest absolute Gasteiger partial charge is 0.378 e. The van der Waals surface area contributed by atoms with E-state index < -0.39 is 33.4 Å². The van der Waals surface area contributed by atoms with Crippen LogP contribution in [0.3, 0.4) is 0 Å². The first-order valence-corrected chi connectivity index (χ1v) is 13.4. The Labute approximate surface area is 206 Å². The fourth-order valence-corrected chi connectivity index (χ4v) is 5.18. The van der Waals surface area contributed by atoms with Crippen molar-refractivity contribution >= 4 is 27.2 Å². The number of benzene rings is 2. The van der Waals surface area contributed by atoms with Crippen molar-refractivity contribution in [3.8, 4) is 0 Å². The van der Waals surface area contributed by atoms with Crippen molar-refractivity contribution in [2.75, 3.05) is 29.4 Å². The fraction of sp³-hybridized carbons (Fsp3) is 0.480. The molecule has 10 heteroatoms. The summed E-state index contributed by atoms with van der Waals surface area (Å²) in [4.78, 5) is 12.1. The van der Waals surface area contributed by atoms with Gasteiger partial charge in [0.25, 0.3) is 0 Å². The first-order chi connectivity index (χ1) is 16.6. The van der Waals surface area contributed by atoms with Gasteiger partial charge in [0.2, 0.25) is 10.0 Å². The highest BCUT2D eigenvalue weighted by Crippen LogP contribution is 2.31. The molecule has 0 aliphatic carbocycles. The number of nitrogens with one attached hydrogen (secondary N) is 2. The minimum atomic E-state index is -3.74. The summed E-state index contributed by atoms with van der Waals surface area (Å²) in [6.07, 6.45) is 1.76. The molecule has 0 amide bonds. The topological polar surface area (TPSA) is 100.0 Å². The number of azo groups is 1. The SMILES string of the molecule is CCCS(=O)(=O)Nc1ccc(F)c(NCC(N=NC)c2ccc(C(CC)C(C)=O)c(CC)c2)c1F. The molecule has 2 atom stereocenters. The number of sulfonamides is 1. The van der Waals surface area contributed by atoms with E-state index in [1.807, 2.05) is 32.0 Å². The van der Waals surface area contributed by atoms with Crippen molar-refractivity contribution in [3.63, 3.8) is 0 Å². The number of hydrogen-bond acceptors (Lipinski definition) is 6. The van der Waals surface area contributed by atoms with Crippen molar-refractivity contribution in [1.82, 2.24) is 0 Å². The lowest BCUT2D eigenvalue weighted by Crippen LogP contribution is -2.18. The van der Waals surface area contributed by atoms with Crippen LogP contribution in [0.2, 0.25) is 0 Å². The van der Waals surface area contributed by atoms with Crippen LogP contribution in [0.1, 0.15) is 69.2 Å². The number of Topliss-reactive ketones (excluding diaryl/α,β-unsaturated/α-hetero) is 1. The Morgan fingerprint density at radius 1 is 1.11 bits per heavy atom. The average molecular weight is 509 g/mol. The minimum Gasteiger partial charge on any atom is -0.378 e. The third-order valence-electron chi connectivity index (χ3n) is 5.76. The maximum absolute atomic E-state index is 15.0. The Kier molecular flexibility index (Phi) is 10.3. The summed E-state index contributed by atoms with van der Waals surface area (Å²) in [6, 6.07) is 7.20. The second-order valence-electron chi connectivity index (χ2n) is 8.30. The molecule has 0 heterocycles. The average Bonchev–Trinajstić information content (AvgIpc) is 2.80. The molecule has 7 nitrogen and oxygen atoms in total. The second-order valence-corrected chi connectivity index (χ2v) is 10.1. The maximum atomic E-state index is 15.0. The maximum Gasteiger partial charge on any atom is 0.232 e. The molecule has 192 valence electrons. The van der Waals surface area contributed by atoms with E-state index in [4.69, 9.17) is 0 Å². The molecule has 0 fully saturated rings. The van der Waals surface area contributed by atoms with E-state index in [1.54, 1.807) is 13.8 Å². The summed E-state index contributed by atoms with van der Waals surface area (Å²) in [5.74, 6) is -2.16. The number of anilines is 2. The summed E-state index contributed by atoms with van der Waals surface area (Å²) < 4.78 is 55.7. The number of hydrogen-bond donors (Lipinski definition) is 2. The Morgan fingerprint density at radius 3 is 2.40 bits per heavy atom. The van der Waals surface area contributed by atoms with Gasteiger partial charge in [-0.2, -0.15) is 10.2 Å².